The summed E-state index contributed by atoms with van der Waals surface area (Å²) < 4.78 is 27.1. The summed E-state index contributed by atoms with van der Waals surface area (Å²) in [5.74, 6) is -0.732. The van der Waals surface area contributed by atoms with Crippen LogP contribution in [0.25, 0.3) is 0 Å². The monoisotopic (exact) mass is 354 g/mol. The summed E-state index contributed by atoms with van der Waals surface area (Å²) in [6, 6.07) is 15.7. The number of hydrogen-bond acceptors (Lipinski definition) is 4. The van der Waals surface area contributed by atoms with Gasteiger partial charge in [0.05, 0.1) is 0 Å². The Labute approximate surface area is 149 Å². The third kappa shape index (κ3) is 4.38. The van der Waals surface area contributed by atoms with E-state index in [0.717, 1.165) is 0 Å². The number of nitrogens with zero attached hydrogens (tertiary/aromatic N) is 2. The fourth-order valence-electron chi connectivity index (χ4n) is 2.28. The van der Waals surface area contributed by atoms with Crippen LogP contribution in [0, 0.1) is 11.6 Å². The molecule has 5 nitrogen and oxygen atoms in total. The molecule has 2 aromatic carbocycles. The molecule has 0 fully saturated rings. The Morgan fingerprint density at radius 1 is 0.808 bits per heavy atom. The van der Waals surface area contributed by atoms with Crippen molar-refractivity contribution in [3.05, 3.63) is 89.1 Å². The van der Waals surface area contributed by atoms with E-state index in [1.54, 1.807) is 42.5 Å². The Hall–Kier alpha value is -3.35. The van der Waals surface area contributed by atoms with Gasteiger partial charge in [0.15, 0.2) is 5.69 Å². The normalized spacial score (nSPS) is 10.4. The van der Waals surface area contributed by atoms with Crippen LogP contribution in [0.1, 0.15) is 21.6 Å². The average molecular weight is 354 g/mol. The van der Waals surface area contributed by atoms with E-state index >= 15 is 0 Å². The summed E-state index contributed by atoms with van der Waals surface area (Å²) in [4.78, 5) is 12.1. The second kappa shape index (κ2) is 8.15. The Balaban J connectivity index is 1.56. The van der Waals surface area contributed by atoms with Crippen LogP contribution in [0.3, 0.4) is 0 Å². The molecule has 0 aliphatic rings. The number of amides is 1. The molecular weight excluding hydrogens is 338 g/mol. The second-order valence-corrected chi connectivity index (χ2v) is 5.52. The van der Waals surface area contributed by atoms with Crippen LogP contribution in [0.15, 0.2) is 60.7 Å². The van der Waals surface area contributed by atoms with Crippen molar-refractivity contribution in [3.63, 3.8) is 0 Å². The third-order valence-corrected chi connectivity index (χ3v) is 3.71. The molecule has 0 radical (unpaired) electrons. The lowest BCUT2D eigenvalue weighted by Gasteiger charge is -2.07. The molecule has 3 aromatic rings. The molecule has 0 saturated carbocycles. The van der Waals surface area contributed by atoms with E-state index in [-0.39, 0.29) is 30.4 Å². The summed E-state index contributed by atoms with van der Waals surface area (Å²) >= 11 is 0. The highest BCUT2D eigenvalue weighted by molar-refractivity contribution is 5.92. The Kier molecular flexibility index (Phi) is 5.48. The van der Waals surface area contributed by atoms with Crippen molar-refractivity contribution in [1.82, 2.24) is 15.5 Å². The zero-order chi connectivity index (χ0) is 18.4. The van der Waals surface area contributed by atoms with Crippen molar-refractivity contribution < 1.29 is 13.6 Å². The number of halogens is 2. The largest absolute Gasteiger partial charge is 0.364 e. The van der Waals surface area contributed by atoms with Crippen molar-refractivity contribution in [2.45, 2.75) is 13.1 Å². The predicted molar refractivity (Wildman–Crippen MR) is 93.3 cm³/mol. The van der Waals surface area contributed by atoms with Gasteiger partial charge in [0.25, 0.3) is 5.91 Å². The van der Waals surface area contributed by atoms with Gasteiger partial charge in [-0.15, -0.1) is 10.2 Å². The lowest BCUT2D eigenvalue weighted by Crippen LogP contribution is -2.24. The summed E-state index contributed by atoms with van der Waals surface area (Å²) in [5, 5.41) is 13.3. The average Bonchev–Trinajstić information content (AvgIpc) is 2.67. The highest BCUT2D eigenvalue weighted by atomic mass is 19.1. The molecule has 7 heteroatoms. The minimum atomic E-state index is -0.457. The molecule has 0 saturated heterocycles. The first-order chi connectivity index (χ1) is 12.6. The minimum Gasteiger partial charge on any atom is -0.364 e. The fourth-order valence-corrected chi connectivity index (χ4v) is 2.28. The fraction of sp³-hybridized carbons (Fsp3) is 0.105. The van der Waals surface area contributed by atoms with Crippen LogP contribution < -0.4 is 10.6 Å². The summed E-state index contributed by atoms with van der Waals surface area (Å²) in [6.45, 7) is 0.306. The molecule has 0 atom stereocenters. The smallest absolute Gasteiger partial charge is 0.272 e. The van der Waals surface area contributed by atoms with Crippen LogP contribution in [0.2, 0.25) is 0 Å². The zero-order valence-corrected chi connectivity index (χ0v) is 13.7. The molecule has 1 amide bonds. The van der Waals surface area contributed by atoms with Gasteiger partial charge in [0.2, 0.25) is 0 Å². The number of aromatic nitrogens is 2. The van der Waals surface area contributed by atoms with Gasteiger partial charge in [-0.05, 0) is 24.3 Å². The molecular formula is C19H16F2N4O. The molecule has 1 heterocycles. The van der Waals surface area contributed by atoms with E-state index in [0.29, 0.717) is 16.9 Å². The molecule has 132 valence electrons. The molecule has 0 aliphatic carbocycles. The molecule has 0 aliphatic heterocycles. The predicted octanol–water partition coefficient (Wildman–Crippen LogP) is 3.30. The van der Waals surface area contributed by atoms with E-state index < -0.39 is 5.91 Å². The first-order valence-electron chi connectivity index (χ1n) is 7.96. The van der Waals surface area contributed by atoms with Crippen molar-refractivity contribution in [1.29, 1.82) is 0 Å². The number of carbonyl (C=O) groups excluding carboxylic acids is 1. The Morgan fingerprint density at radius 3 is 2.00 bits per heavy atom. The summed E-state index contributed by atoms with van der Waals surface area (Å²) in [7, 11) is 0. The zero-order valence-electron chi connectivity index (χ0n) is 13.7. The minimum absolute atomic E-state index is 0.0560. The van der Waals surface area contributed by atoms with Crippen molar-refractivity contribution >= 4 is 11.7 Å². The van der Waals surface area contributed by atoms with Crippen molar-refractivity contribution in [2.75, 3.05) is 5.32 Å². The van der Waals surface area contributed by atoms with Crippen molar-refractivity contribution in [3.8, 4) is 0 Å². The van der Waals surface area contributed by atoms with E-state index in [2.05, 4.69) is 20.8 Å². The van der Waals surface area contributed by atoms with Gasteiger partial charge in [-0.1, -0.05) is 36.4 Å². The van der Waals surface area contributed by atoms with Gasteiger partial charge < -0.3 is 10.6 Å². The summed E-state index contributed by atoms with van der Waals surface area (Å²) in [5.41, 5.74) is 0.996. The number of benzene rings is 2. The van der Waals surface area contributed by atoms with Crippen LogP contribution in [-0.4, -0.2) is 16.1 Å². The second-order valence-electron chi connectivity index (χ2n) is 5.52. The number of carbonyl (C=O) groups is 1. The molecule has 0 bridgehead atoms. The molecule has 26 heavy (non-hydrogen) atoms. The maximum absolute atomic E-state index is 13.6. The molecule has 0 spiro atoms. The standard InChI is InChI=1S/C19H16F2N4O/c20-15-7-3-1-5-13(15)11-22-18-10-9-17(24-25-18)19(26)23-12-14-6-2-4-8-16(14)21/h1-10H,11-12H2,(H,22,25)(H,23,26). The van der Waals surface area contributed by atoms with E-state index in [1.807, 2.05) is 0 Å². The maximum atomic E-state index is 13.6. The Morgan fingerprint density at radius 2 is 1.42 bits per heavy atom. The lowest BCUT2D eigenvalue weighted by molar-refractivity contribution is 0.0944. The van der Waals surface area contributed by atoms with Crippen LogP contribution in [-0.2, 0) is 13.1 Å². The van der Waals surface area contributed by atoms with Gasteiger partial charge in [0.1, 0.15) is 17.5 Å². The van der Waals surface area contributed by atoms with Gasteiger partial charge >= 0.3 is 0 Å². The number of anilines is 1. The van der Waals surface area contributed by atoms with Crippen LogP contribution >= 0.6 is 0 Å². The van der Waals surface area contributed by atoms with Gasteiger partial charge in [-0.3, -0.25) is 4.79 Å². The molecule has 1 aromatic heterocycles. The number of nitrogens with one attached hydrogen (secondary N) is 2. The summed E-state index contributed by atoms with van der Waals surface area (Å²) in [6.07, 6.45) is 0. The highest BCUT2D eigenvalue weighted by Crippen LogP contribution is 2.10. The van der Waals surface area contributed by atoms with E-state index in [4.69, 9.17) is 0 Å². The van der Waals surface area contributed by atoms with Gasteiger partial charge in [-0.25, -0.2) is 8.78 Å². The maximum Gasteiger partial charge on any atom is 0.272 e. The van der Waals surface area contributed by atoms with E-state index in [1.165, 1.54) is 18.2 Å². The quantitative estimate of drug-likeness (QED) is 0.713. The third-order valence-electron chi connectivity index (χ3n) is 3.71. The number of rotatable bonds is 6. The van der Waals surface area contributed by atoms with Crippen LogP contribution in [0.4, 0.5) is 14.6 Å². The highest BCUT2D eigenvalue weighted by Gasteiger charge is 2.09. The SMILES string of the molecule is O=C(NCc1ccccc1F)c1ccc(NCc2ccccc2F)nn1. The topological polar surface area (TPSA) is 66.9 Å². The molecule has 3 rings (SSSR count). The Bertz CT molecular complexity index is 900. The molecule has 0 unspecified atom stereocenters. The first-order valence-corrected chi connectivity index (χ1v) is 7.96. The number of hydrogen-bond donors (Lipinski definition) is 2. The van der Waals surface area contributed by atoms with Crippen LogP contribution in [0.5, 0.6) is 0 Å². The van der Waals surface area contributed by atoms with E-state index in [9.17, 15) is 13.6 Å². The lowest BCUT2D eigenvalue weighted by atomic mass is 10.2. The van der Waals surface area contributed by atoms with Gasteiger partial charge in [0, 0.05) is 24.2 Å². The van der Waals surface area contributed by atoms with Gasteiger partial charge in [-0.2, -0.15) is 0 Å². The molecule has 2 N–H and O–H groups in total. The first kappa shape index (κ1) is 17.5. The van der Waals surface area contributed by atoms with Crippen molar-refractivity contribution in [2.24, 2.45) is 0 Å².